The summed E-state index contributed by atoms with van der Waals surface area (Å²) in [5, 5.41) is 8.84. The molecule has 1 aromatic carbocycles. The summed E-state index contributed by atoms with van der Waals surface area (Å²) < 4.78 is 0. The second kappa shape index (κ2) is 6.05. The van der Waals surface area contributed by atoms with Gasteiger partial charge in [0.15, 0.2) is 5.82 Å². The van der Waals surface area contributed by atoms with Crippen LogP contribution in [0.4, 0.5) is 0 Å². The van der Waals surface area contributed by atoms with Gasteiger partial charge in [0.2, 0.25) is 0 Å². The second-order valence-electron chi connectivity index (χ2n) is 5.75. The Morgan fingerprint density at radius 2 is 2.10 bits per heavy atom. The van der Waals surface area contributed by atoms with E-state index in [1.54, 1.807) is 0 Å². The van der Waals surface area contributed by atoms with Crippen LogP contribution in [-0.4, -0.2) is 9.97 Å². The van der Waals surface area contributed by atoms with Gasteiger partial charge in [0.1, 0.15) is 0 Å². The van der Waals surface area contributed by atoms with Crippen LogP contribution in [0.25, 0.3) is 11.4 Å². The van der Waals surface area contributed by atoms with E-state index in [4.69, 9.17) is 10.2 Å². The molecule has 0 spiro atoms. The van der Waals surface area contributed by atoms with Gasteiger partial charge in [-0.2, -0.15) is 5.26 Å². The van der Waals surface area contributed by atoms with Gasteiger partial charge >= 0.3 is 0 Å². The lowest BCUT2D eigenvalue weighted by Crippen LogP contribution is -2.16. The fourth-order valence-electron chi connectivity index (χ4n) is 3.07. The van der Waals surface area contributed by atoms with Gasteiger partial charge in [-0.25, -0.2) is 9.97 Å². The third kappa shape index (κ3) is 2.95. The summed E-state index contributed by atoms with van der Waals surface area (Å²) in [6, 6.07) is 9.60. The highest BCUT2D eigenvalue weighted by Crippen LogP contribution is 2.28. The van der Waals surface area contributed by atoms with E-state index in [0.29, 0.717) is 5.56 Å². The highest BCUT2D eigenvalue weighted by Gasteiger charge is 2.20. The summed E-state index contributed by atoms with van der Waals surface area (Å²) in [4.78, 5) is 9.26. The van der Waals surface area contributed by atoms with E-state index in [0.717, 1.165) is 30.1 Å². The fraction of sp³-hybridized carbons (Fsp3) is 0.389. The van der Waals surface area contributed by atoms with Crippen molar-refractivity contribution >= 4 is 0 Å². The third-order valence-corrected chi connectivity index (χ3v) is 4.22. The van der Waals surface area contributed by atoms with Crippen molar-refractivity contribution in [2.75, 3.05) is 0 Å². The molecule has 1 aliphatic rings. The quantitative estimate of drug-likeness (QED) is 0.854. The van der Waals surface area contributed by atoms with E-state index in [9.17, 15) is 0 Å². The first kappa shape index (κ1) is 13.8. The van der Waals surface area contributed by atoms with Gasteiger partial charge < -0.3 is 0 Å². The molecule has 0 N–H and O–H groups in total. The topological polar surface area (TPSA) is 49.6 Å². The summed E-state index contributed by atoms with van der Waals surface area (Å²) in [6.45, 7) is 2.25. The molecule has 0 radical (unpaired) electrons. The van der Waals surface area contributed by atoms with Crippen LogP contribution in [0.15, 0.2) is 30.5 Å². The SMILES string of the molecule is CCCC1CCc2nc(-c3ccc(C#N)cc3)ncc2C1. The average molecular weight is 277 g/mol. The Balaban J connectivity index is 1.85. The summed E-state index contributed by atoms with van der Waals surface area (Å²) in [7, 11) is 0. The third-order valence-electron chi connectivity index (χ3n) is 4.22. The number of hydrogen-bond donors (Lipinski definition) is 0. The highest BCUT2D eigenvalue weighted by atomic mass is 14.9. The Hall–Kier alpha value is -2.21. The number of hydrogen-bond acceptors (Lipinski definition) is 3. The number of benzene rings is 1. The standard InChI is InChI=1S/C18H19N3/c1-2-3-13-6-9-17-16(10-13)12-20-18(21-17)15-7-4-14(11-19)5-8-15/h4-5,7-8,12-13H,2-3,6,9-10H2,1H3. The summed E-state index contributed by atoms with van der Waals surface area (Å²) in [6.07, 6.45) is 7.98. The number of nitrogens with zero attached hydrogens (tertiary/aromatic N) is 3. The maximum absolute atomic E-state index is 8.84. The number of aromatic nitrogens is 2. The van der Waals surface area contributed by atoms with Gasteiger partial charge in [0.05, 0.1) is 11.6 Å². The number of aryl methyl sites for hydroxylation is 1. The van der Waals surface area contributed by atoms with Gasteiger partial charge in [-0.15, -0.1) is 0 Å². The molecular weight excluding hydrogens is 258 g/mol. The molecule has 1 aromatic heterocycles. The van der Waals surface area contributed by atoms with Crippen molar-refractivity contribution in [1.29, 1.82) is 5.26 Å². The molecule has 0 amide bonds. The van der Waals surface area contributed by atoms with Crippen molar-refractivity contribution in [2.24, 2.45) is 5.92 Å². The number of rotatable bonds is 3. The van der Waals surface area contributed by atoms with Crippen LogP contribution in [0.2, 0.25) is 0 Å². The van der Waals surface area contributed by atoms with Crippen molar-refractivity contribution < 1.29 is 0 Å². The van der Waals surface area contributed by atoms with Gasteiger partial charge in [-0.05, 0) is 55.0 Å². The first-order valence-electron chi connectivity index (χ1n) is 7.65. The molecule has 0 saturated heterocycles. The van der Waals surface area contributed by atoms with E-state index in [2.05, 4.69) is 18.0 Å². The van der Waals surface area contributed by atoms with Crippen LogP contribution < -0.4 is 0 Å². The Bertz CT molecular complexity index is 668. The zero-order valence-electron chi connectivity index (χ0n) is 12.3. The van der Waals surface area contributed by atoms with E-state index in [1.807, 2.05) is 30.5 Å². The lowest BCUT2D eigenvalue weighted by atomic mass is 9.84. The average Bonchev–Trinajstić information content (AvgIpc) is 2.55. The second-order valence-corrected chi connectivity index (χ2v) is 5.75. The first-order chi connectivity index (χ1) is 10.3. The maximum atomic E-state index is 8.84. The zero-order chi connectivity index (χ0) is 14.7. The number of nitriles is 1. The minimum absolute atomic E-state index is 0.666. The van der Waals surface area contributed by atoms with E-state index in [1.165, 1.54) is 30.5 Å². The molecule has 0 fully saturated rings. The molecule has 3 rings (SSSR count). The van der Waals surface area contributed by atoms with E-state index >= 15 is 0 Å². The van der Waals surface area contributed by atoms with Crippen LogP contribution in [0, 0.1) is 17.2 Å². The van der Waals surface area contributed by atoms with Crippen LogP contribution in [0.3, 0.4) is 0 Å². The Kier molecular flexibility index (Phi) is 3.96. The minimum Gasteiger partial charge on any atom is -0.236 e. The number of fused-ring (bicyclic) bond motifs is 1. The maximum Gasteiger partial charge on any atom is 0.159 e. The largest absolute Gasteiger partial charge is 0.236 e. The molecule has 106 valence electrons. The van der Waals surface area contributed by atoms with E-state index < -0.39 is 0 Å². The molecule has 2 aromatic rings. The zero-order valence-corrected chi connectivity index (χ0v) is 12.3. The van der Waals surface area contributed by atoms with Crippen LogP contribution in [-0.2, 0) is 12.8 Å². The molecule has 3 heteroatoms. The molecule has 1 unspecified atom stereocenters. The molecule has 3 nitrogen and oxygen atoms in total. The molecule has 1 heterocycles. The highest BCUT2D eigenvalue weighted by molar-refractivity contribution is 5.56. The Morgan fingerprint density at radius 3 is 2.81 bits per heavy atom. The van der Waals surface area contributed by atoms with Crippen molar-refractivity contribution in [3.05, 3.63) is 47.3 Å². The fourth-order valence-corrected chi connectivity index (χ4v) is 3.07. The Morgan fingerprint density at radius 1 is 1.29 bits per heavy atom. The van der Waals surface area contributed by atoms with Crippen LogP contribution >= 0.6 is 0 Å². The molecule has 0 aliphatic heterocycles. The molecule has 1 atom stereocenters. The van der Waals surface area contributed by atoms with Crippen molar-refractivity contribution in [3.8, 4) is 17.5 Å². The monoisotopic (exact) mass is 277 g/mol. The summed E-state index contributed by atoms with van der Waals surface area (Å²) in [5.41, 5.74) is 4.17. The van der Waals surface area contributed by atoms with Crippen LogP contribution in [0.1, 0.15) is 43.0 Å². The predicted octanol–water partition coefficient (Wildman–Crippen LogP) is 3.92. The van der Waals surface area contributed by atoms with E-state index in [-0.39, 0.29) is 0 Å². The molecule has 1 aliphatic carbocycles. The molecule has 0 bridgehead atoms. The lowest BCUT2D eigenvalue weighted by molar-refractivity contribution is 0.417. The first-order valence-corrected chi connectivity index (χ1v) is 7.65. The Labute approximate surface area is 125 Å². The predicted molar refractivity (Wildman–Crippen MR) is 82.6 cm³/mol. The van der Waals surface area contributed by atoms with Crippen molar-refractivity contribution in [1.82, 2.24) is 9.97 Å². The van der Waals surface area contributed by atoms with Gasteiger partial charge in [-0.3, -0.25) is 0 Å². The normalized spacial score (nSPS) is 17.0. The summed E-state index contributed by atoms with van der Waals surface area (Å²) >= 11 is 0. The minimum atomic E-state index is 0.666. The van der Waals surface area contributed by atoms with Crippen molar-refractivity contribution in [2.45, 2.75) is 39.0 Å². The van der Waals surface area contributed by atoms with Gasteiger partial charge in [0.25, 0.3) is 0 Å². The summed E-state index contributed by atoms with van der Waals surface area (Å²) in [5.74, 6) is 1.57. The lowest BCUT2D eigenvalue weighted by Gasteiger charge is -2.23. The molecular formula is C18H19N3. The van der Waals surface area contributed by atoms with Crippen molar-refractivity contribution in [3.63, 3.8) is 0 Å². The van der Waals surface area contributed by atoms with Gasteiger partial charge in [0, 0.05) is 17.5 Å². The molecule has 0 saturated carbocycles. The van der Waals surface area contributed by atoms with Gasteiger partial charge in [-0.1, -0.05) is 19.8 Å². The van der Waals surface area contributed by atoms with Crippen LogP contribution in [0.5, 0.6) is 0 Å². The molecule has 21 heavy (non-hydrogen) atoms. The smallest absolute Gasteiger partial charge is 0.159 e.